The van der Waals surface area contributed by atoms with Gasteiger partial charge in [0.05, 0.1) is 19.3 Å². The van der Waals surface area contributed by atoms with Crippen molar-refractivity contribution in [2.24, 2.45) is 10.8 Å². The number of allylic oxidation sites excluding steroid dienone is 2. The maximum atomic E-state index is 13.9. The van der Waals surface area contributed by atoms with Crippen molar-refractivity contribution in [1.29, 1.82) is 0 Å². The Hall–Kier alpha value is -9.40. The van der Waals surface area contributed by atoms with Gasteiger partial charge in [-0.25, -0.2) is 9.69 Å². The summed E-state index contributed by atoms with van der Waals surface area (Å²) < 4.78 is 5.51. The highest BCUT2D eigenvalue weighted by molar-refractivity contribution is 6.15. The van der Waals surface area contributed by atoms with Crippen LogP contribution < -0.4 is 15.1 Å². The molecule has 0 bridgehead atoms. The first kappa shape index (κ1) is 52.1. The van der Waals surface area contributed by atoms with E-state index in [1.807, 2.05) is 103 Å². The van der Waals surface area contributed by atoms with Crippen molar-refractivity contribution in [1.82, 2.24) is 20.4 Å². The minimum Gasteiger partial charge on any atom is -0.360 e. The van der Waals surface area contributed by atoms with Crippen molar-refractivity contribution in [2.45, 2.75) is 69.6 Å². The summed E-state index contributed by atoms with van der Waals surface area (Å²) in [6.07, 6.45) is 18.1. The molecule has 6 aliphatic rings. The molecule has 3 aliphatic heterocycles. The van der Waals surface area contributed by atoms with E-state index >= 15 is 0 Å². The van der Waals surface area contributed by atoms with Crippen LogP contribution in [0.4, 0.5) is 11.4 Å². The molecule has 14 heteroatoms. The van der Waals surface area contributed by atoms with Crippen LogP contribution in [-0.2, 0) is 52.1 Å². The summed E-state index contributed by atoms with van der Waals surface area (Å²) in [5.41, 5.74) is 2.37. The smallest absolute Gasteiger partial charge is 0.244 e. The van der Waals surface area contributed by atoms with Crippen LogP contribution in [0.5, 0.6) is 0 Å². The Balaban J connectivity index is 0.000000133. The first-order chi connectivity index (χ1) is 37.4. The molecule has 0 radical (unpaired) electrons. The second-order valence-corrected chi connectivity index (χ2v) is 21.6. The van der Waals surface area contributed by atoms with E-state index in [2.05, 4.69) is 50.1 Å². The number of fused-ring (bicyclic) bond motifs is 4. The zero-order valence-electron chi connectivity index (χ0n) is 44.2. The van der Waals surface area contributed by atoms with Crippen molar-refractivity contribution in [3.8, 4) is 0 Å². The molecule has 3 aromatic heterocycles. The summed E-state index contributed by atoms with van der Waals surface area (Å²) in [5.74, 6) is 0.125. The summed E-state index contributed by atoms with van der Waals surface area (Å²) in [6, 6.07) is 35.9. The number of nitrogens with zero attached hydrogens (tertiary/aromatic N) is 7. The summed E-state index contributed by atoms with van der Waals surface area (Å²) in [4.78, 5) is 85.0. The quantitative estimate of drug-likeness (QED) is 0.131. The van der Waals surface area contributed by atoms with E-state index in [0.29, 0.717) is 26.1 Å². The predicted molar refractivity (Wildman–Crippen MR) is 295 cm³/mol. The lowest BCUT2D eigenvalue weighted by Gasteiger charge is -2.48. The van der Waals surface area contributed by atoms with Gasteiger partial charge in [0, 0.05) is 77.6 Å². The molecule has 1 N–H and O–H groups in total. The number of ketones is 2. The Bertz CT molecular complexity index is 3480. The summed E-state index contributed by atoms with van der Waals surface area (Å²) in [7, 11) is 0. The average Bonchev–Trinajstić information content (AvgIpc) is 3.46. The number of carbonyl (C=O) groups is 5. The third-order valence-corrected chi connectivity index (χ3v) is 16.3. The van der Waals surface area contributed by atoms with Gasteiger partial charge in [-0.1, -0.05) is 154 Å². The molecule has 0 spiro atoms. The first-order valence-electron chi connectivity index (χ1n) is 25.7. The largest absolute Gasteiger partial charge is 0.360 e. The van der Waals surface area contributed by atoms with Crippen LogP contribution in [-0.4, -0.2) is 64.0 Å². The van der Waals surface area contributed by atoms with Crippen molar-refractivity contribution in [3.05, 3.63) is 256 Å². The van der Waals surface area contributed by atoms with Gasteiger partial charge in [-0.2, -0.15) is 0 Å². The van der Waals surface area contributed by atoms with E-state index in [4.69, 9.17) is 17.7 Å². The molecule has 3 aromatic carbocycles. The molecule has 1 unspecified atom stereocenters. The van der Waals surface area contributed by atoms with E-state index < -0.39 is 27.1 Å². The van der Waals surface area contributed by atoms with Gasteiger partial charge in [0.25, 0.3) is 0 Å². The van der Waals surface area contributed by atoms with Crippen LogP contribution in [0.2, 0.25) is 0 Å². The highest BCUT2D eigenvalue weighted by Gasteiger charge is 2.59. The summed E-state index contributed by atoms with van der Waals surface area (Å²) in [5, 5.41) is 6.99. The fourth-order valence-corrected chi connectivity index (χ4v) is 12.6. The number of pyridine rings is 2. The Morgan fingerprint density at radius 3 is 1.38 bits per heavy atom. The Morgan fingerprint density at radius 1 is 0.538 bits per heavy atom. The molecule has 0 fully saturated rings. The highest BCUT2D eigenvalue weighted by Crippen LogP contribution is 2.55. The van der Waals surface area contributed by atoms with Crippen molar-refractivity contribution < 1.29 is 28.5 Å². The molecule has 6 aromatic rings. The minimum absolute atomic E-state index is 0.0101. The number of carbonyl (C=O) groups excluding carboxylic acids is 5. The van der Waals surface area contributed by atoms with Crippen molar-refractivity contribution >= 4 is 40.7 Å². The molecule has 3 aliphatic carbocycles. The predicted octanol–water partition coefficient (Wildman–Crippen LogP) is 9.91. The van der Waals surface area contributed by atoms with E-state index in [0.717, 1.165) is 56.1 Å². The maximum absolute atomic E-state index is 13.9. The van der Waals surface area contributed by atoms with Gasteiger partial charge in [-0.05, 0) is 77.9 Å². The lowest BCUT2D eigenvalue weighted by molar-refractivity contribution is -0.127. The van der Waals surface area contributed by atoms with Crippen LogP contribution in [0.25, 0.3) is 9.69 Å². The molecular formula is C64H56N8O6. The van der Waals surface area contributed by atoms with Crippen LogP contribution in [0, 0.1) is 24.0 Å². The fourth-order valence-electron chi connectivity index (χ4n) is 12.6. The topological polar surface area (TPSA) is 164 Å². The third-order valence-electron chi connectivity index (χ3n) is 16.3. The second-order valence-electron chi connectivity index (χ2n) is 21.6. The van der Waals surface area contributed by atoms with Crippen molar-refractivity contribution in [3.63, 3.8) is 0 Å². The molecule has 12 rings (SSSR count). The lowest BCUT2D eigenvalue weighted by atomic mass is 9.56. The normalized spacial score (nSPS) is 24.1. The molecule has 3 atom stereocenters. The number of amides is 3. The molecule has 3 amide bonds. The van der Waals surface area contributed by atoms with E-state index in [9.17, 15) is 24.0 Å². The number of rotatable bonds is 5. The Kier molecular flexibility index (Phi) is 13.1. The number of nitrogens with one attached hydrogen (secondary N) is 1. The van der Waals surface area contributed by atoms with E-state index in [1.165, 1.54) is 0 Å². The van der Waals surface area contributed by atoms with Gasteiger partial charge < -0.3 is 29.2 Å². The zero-order chi connectivity index (χ0) is 55.3. The number of benzene rings is 3. The van der Waals surface area contributed by atoms with E-state index in [1.54, 1.807) is 105 Å². The molecule has 78 heavy (non-hydrogen) atoms. The van der Waals surface area contributed by atoms with Crippen LogP contribution >= 0.6 is 0 Å². The van der Waals surface area contributed by atoms with E-state index in [-0.39, 0.29) is 46.1 Å². The number of hydrogen-bond donors (Lipinski definition) is 1. The summed E-state index contributed by atoms with van der Waals surface area (Å²) >= 11 is 0. The van der Waals surface area contributed by atoms with Gasteiger partial charge in [-0.15, -0.1) is 0 Å². The first-order valence-corrected chi connectivity index (χ1v) is 25.7. The van der Waals surface area contributed by atoms with Crippen molar-refractivity contribution in [2.75, 3.05) is 29.4 Å². The highest BCUT2D eigenvalue weighted by atomic mass is 16.5. The average molecular weight is 1030 g/mol. The van der Waals surface area contributed by atoms with Crippen LogP contribution in [0.3, 0.4) is 0 Å². The number of anilines is 2. The number of Topliss-reactive ketones (excluding diaryl/α,β-unsaturated/α-hetero) is 2. The van der Waals surface area contributed by atoms with Gasteiger partial charge >= 0.3 is 0 Å². The van der Waals surface area contributed by atoms with Gasteiger partial charge in [0.2, 0.25) is 29.1 Å². The maximum Gasteiger partial charge on any atom is 0.244 e. The molecule has 6 heterocycles. The Labute approximate surface area is 453 Å². The van der Waals surface area contributed by atoms with Gasteiger partial charge in [0.1, 0.15) is 22.0 Å². The summed E-state index contributed by atoms with van der Waals surface area (Å²) in [6.45, 7) is 27.8. The number of aromatic nitrogens is 3. The molecule has 0 saturated carbocycles. The standard InChI is InChI=1S/2C23H19N3O2.C18H18N2O2/c2*1-22(2)19-11-14-26(17-9-12-25-13-10-17)21(28)23(19,15-18(24-3)20(22)27)16-7-5-4-6-8-16;1-17(2)14-8-9-19-16(21)18(14,13-6-4-3-5-7-13)10-12-11-20-22-15(12)17/h2*4-13,15H,14H2,1-2H3;3-8,11H,9-10H2,1-2H3,(H,19,21)/t2*23-;/m10./s1. The van der Waals surface area contributed by atoms with Crippen LogP contribution in [0.15, 0.2) is 209 Å². The number of hydrogen-bond acceptors (Lipinski definition) is 9. The zero-order valence-corrected chi connectivity index (χ0v) is 44.2. The SMILES string of the molecule is CC1(C)C2=CCNC(=O)C2(c2ccccc2)Cc2cnoc21.[C-]#[N+]C1=C[C@@]2(c3ccccc3)C(=O)N(c3ccncc3)CC=C2C(C)(C)C1=O.[C-]#[N+]C1=C[C@]2(c3ccccc3)C(=O)N(c3ccncc3)CC=C2C(C)(C)C1=O. The third kappa shape index (κ3) is 7.97. The molecule has 0 saturated heterocycles. The molecule has 14 nitrogen and oxygen atoms in total. The fraction of sp³-hybridized carbons (Fsp3) is 0.250. The molecule has 388 valence electrons. The van der Waals surface area contributed by atoms with Gasteiger partial charge in [0.15, 0.2) is 11.6 Å². The Morgan fingerprint density at radius 2 is 0.962 bits per heavy atom. The van der Waals surface area contributed by atoms with Gasteiger partial charge in [-0.3, -0.25) is 24.4 Å². The van der Waals surface area contributed by atoms with Crippen LogP contribution in [0.1, 0.15) is 69.6 Å². The monoisotopic (exact) mass is 1030 g/mol. The second kappa shape index (κ2) is 19.6. The molecular weight excluding hydrogens is 977 g/mol. The lowest BCUT2D eigenvalue weighted by Crippen LogP contribution is -2.56. The minimum atomic E-state index is -1.18.